The average molecular weight is 1110 g/mol. The second kappa shape index (κ2) is 26.1. The number of halogens is 9. The van der Waals surface area contributed by atoms with E-state index < -0.39 is 113 Å². The van der Waals surface area contributed by atoms with Gasteiger partial charge in [0.1, 0.15) is 29.1 Å². The fourth-order valence-corrected chi connectivity index (χ4v) is 9.12. The molecule has 6 rings (SSSR count). The minimum Gasteiger partial charge on any atom is -0.481 e. The molecule has 4 unspecified atom stereocenters. The molecule has 0 aliphatic carbocycles. The van der Waals surface area contributed by atoms with E-state index >= 15 is 0 Å². The van der Waals surface area contributed by atoms with Gasteiger partial charge in [-0.15, -0.1) is 0 Å². The van der Waals surface area contributed by atoms with Gasteiger partial charge in [0.25, 0.3) is 0 Å². The normalized spacial score (nSPS) is 17.4. The minimum atomic E-state index is -4.95. The van der Waals surface area contributed by atoms with Crippen molar-refractivity contribution in [3.8, 4) is 0 Å². The fraction of sp³-hybridized carbons (Fsp3) is 0.593. The predicted octanol–water partition coefficient (Wildman–Crippen LogP) is 11.8. The number of nitrogens with one attached hydrogen (secondary N) is 1. The number of pyridine rings is 2. The Morgan fingerprint density at radius 2 is 1.14 bits per heavy atom. The monoisotopic (exact) mass is 1100 g/mol. The molecule has 2 aromatic carbocycles. The maximum atomic E-state index is 13.8. The Morgan fingerprint density at radius 3 is 1.62 bits per heavy atom. The van der Waals surface area contributed by atoms with Crippen molar-refractivity contribution in [1.82, 2.24) is 19.8 Å². The number of amides is 2. The van der Waals surface area contributed by atoms with E-state index in [1.807, 2.05) is 0 Å². The summed E-state index contributed by atoms with van der Waals surface area (Å²) in [5.41, 5.74) is -6.06. The van der Waals surface area contributed by atoms with E-state index in [0.717, 1.165) is 18.2 Å². The summed E-state index contributed by atoms with van der Waals surface area (Å²) < 4.78 is 138. The molecule has 0 radical (unpaired) electrons. The number of alkyl halides is 9. The van der Waals surface area contributed by atoms with Crippen LogP contribution in [-0.2, 0) is 42.3 Å². The third-order valence-corrected chi connectivity index (χ3v) is 12.8. The smallest absolute Gasteiger partial charge is 0.433 e. The lowest BCUT2D eigenvalue weighted by molar-refractivity contribution is -0.894. The number of quaternary nitrogens is 1. The first-order chi connectivity index (χ1) is 35.6. The minimum absolute atomic E-state index is 0.0420. The van der Waals surface area contributed by atoms with Crippen LogP contribution in [-0.4, -0.2) is 110 Å². The zero-order valence-electron chi connectivity index (χ0n) is 45.1. The summed E-state index contributed by atoms with van der Waals surface area (Å²) in [6.45, 7) is 22.8. The van der Waals surface area contributed by atoms with Gasteiger partial charge in [-0.05, 0) is 138 Å². The molecule has 3 N–H and O–H groups in total. The van der Waals surface area contributed by atoms with Crippen LogP contribution in [0, 0.1) is 6.92 Å². The number of hydrogen-bond acceptors (Lipinski definition) is 10. The van der Waals surface area contributed by atoms with Gasteiger partial charge < -0.3 is 39.1 Å². The summed E-state index contributed by atoms with van der Waals surface area (Å²) in [5.74, 6) is -2.03. The topological polar surface area (TPSA) is 173 Å². The zero-order valence-corrected chi connectivity index (χ0v) is 45.1. The first-order valence-corrected chi connectivity index (χ1v) is 25.6. The third kappa shape index (κ3) is 17.8. The molecule has 0 saturated carbocycles. The first-order valence-electron chi connectivity index (χ1n) is 25.6. The number of aryl methyl sites for hydroxylation is 1. The van der Waals surface area contributed by atoms with Crippen molar-refractivity contribution in [3.05, 3.63) is 82.2 Å². The lowest BCUT2D eigenvalue weighted by Crippen LogP contribution is -3.11. The molecule has 4 heterocycles. The second-order valence-corrected chi connectivity index (χ2v) is 20.9. The highest BCUT2D eigenvalue weighted by molar-refractivity contribution is 5.88. The Morgan fingerprint density at radius 1 is 0.649 bits per heavy atom. The van der Waals surface area contributed by atoms with Crippen molar-refractivity contribution < 1.29 is 88.0 Å². The van der Waals surface area contributed by atoms with Crippen molar-refractivity contribution in [1.29, 1.82) is 0 Å². The van der Waals surface area contributed by atoms with Gasteiger partial charge in [0.05, 0.1) is 66.7 Å². The third-order valence-electron chi connectivity index (χ3n) is 12.8. The number of carboxylic acids is 1. The molecule has 428 valence electrons. The summed E-state index contributed by atoms with van der Waals surface area (Å²) in [6.07, 6.45) is -16.0. The number of para-hydroxylation sites is 1. The lowest BCUT2D eigenvalue weighted by Gasteiger charge is -2.40. The summed E-state index contributed by atoms with van der Waals surface area (Å²) in [6, 6.07) is 6.70. The van der Waals surface area contributed by atoms with E-state index in [0.29, 0.717) is 57.2 Å². The van der Waals surface area contributed by atoms with Gasteiger partial charge in [0.2, 0.25) is 0 Å². The first kappa shape index (κ1) is 63.6. The number of carbonyl (C=O) groups is 4. The molecule has 2 amide bonds. The molecule has 4 aromatic rings. The van der Waals surface area contributed by atoms with Crippen LogP contribution in [0.2, 0.25) is 0 Å². The molecule has 4 atom stereocenters. The van der Waals surface area contributed by atoms with Gasteiger partial charge in [-0.3, -0.25) is 14.6 Å². The number of aliphatic carboxylic acids is 1. The van der Waals surface area contributed by atoms with Crippen molar-refractivity contribution in [3.63, 3.8) is 0 Å². The Labute approximate surface area is 442 Å². The van der Waals surface area contributed by atoms with Gasteiger partial charge in [0, 0.05) is 35.1 Å². The number of likely N-dealkylation sites (tertiary alicyclic amines) is 2. The predicted molar refractivity (Wildman–Crippen MR) is 268 cm³/mol. The zero-order chi connectivity index (χ0) is 58.0. The lowest BCUT2D eigenvalue weighted by atomic mass is 9.90. The Bertz CT molecular complexity index is 2660. The van der Waals surface area contributed by atoms with Gasteiger partial charge in [0.15, 0.2) is 0 Å². The molecule has 77 heavy (non-hydrogen) atoms. The summed E-state index contributed by atoms with van der Waals surface area (Å²) in [4.78, 5) is 61.3. The Balaban J connectivity index is 0.000000297. The number of fused-ring (bicyclic) bond motifs is 2. The van der Waals surface area contributed by atoms with Crippen LogP contribution in [0.5, 0.6) is 0 Å². The number of carbonyl (C=O) groups excluding carboxylic acids is 3. The van der Waals surface area contributed by atoms with Crippen molar-refractivity contribution in [2.45, 2.75) is 175 Å². The molecule has 14 nitrogen and oxygen atoms in total. The quantitative estimate of drug-likeness (QED) is 0.0741. The molecule has 0 bridgehead atoms. The number of nitrogens with zero attached hydrogens (tertiary/aromatic N) is 4. The van der Waals surface area contributed by atoms with Crippen LogP contribution in [0.4, 0.5) is 49.1 Å². The van der Waals surface area contributed by atoms with Gasteiger partial charge in [-0.1, -0.05) is 24.3 Å². The maximum Gasteiger partial charge on any atom is 0.433 e. The molecule has 0 spiro atoms. The SMILES string of the molecule is CC(C)(C)OC(=O)N1CCCCC1C(O)c1ccc(C(F)(F)F)c2nc(C(F)(F)F)ccc12.CC[NH+](CC)CC.Cc1cc(C(OC(=O)CCC(=O)O)C2CCCCN2C(=O)OC(C)(C)C)c2cccc(C(F)(F)F)c2n1. The number of aromatic nitrogens is 2. The number of rotatable bonds is 11. The van der Waals surface area contributed by atoms with Crippen LogP contribution in [0.25, 0.3) is 21.8 Å². The molecule has 2 fully saturated rings. The number of carboxylic acid groups (broad SMARTS) is 1. The van der Waals surface area contributed by atoms with Crippen molar-refractivity contribution in [2.75, 3.05) is 32.7 Å². The number of ether oxygens (including phenoxy) is 3. The molecular weight excluding hydrogens is 1030 g/mol. The number of aliphatic hydroxyl groups excluding tert-OH is 1. The molecular formula is C54H71F9N5O9+. The summed E-state index contributed by atoms with van der Waals surface area (Å²) >= 11 is 0. The highest BCUT2D eigenvalue weighted by Crippen LogP contribution is 2.43. The maximum absolute atomic E-state index is 13.8. The fourth-order valence-electron chi connectivity index (χ4n) is 9.12. The standard InChI is InChI=1S/C26H31F3N2O6.C22H24F6N2O3.C6H15N/c1-15-14-17(16-8-7-9-18(22(16)30-15)26(27,28)29)23(36-21(34)12-11-20(32)33)19-10-5-6-13-31(19)24(35)37-25(2,3)4;1-20(2,3)33-19(32)30-11-5-4-6-15(30)18(31)13-7-9-14(21(23,24)25)17-12(13)8-10-16(29-17)22(26,27)28;1-4-7(5-2)6-3/h7-9,14,19,23H,5-6,10-13H2,1-4H3,(H,32,33);7-10,15,18,31H,4-6,11H2,1-3H3;4-6H2,1-3H3/p+1. The number of hydrogen-bond donors (Lipinski definition) is 3. The van der Waals surface area contributed by atoms with Crippen molar-refractivity contribution >= 4 is 45.9 Å². The van der Waals surface area contributed by atoms with Crippen LogP contribution in [0.15, 0.2) is 48.5 Å². The van der Waals surface area contributed by atoms with E-state index in [4.69, 9.17) is 19.3 Å². The molecule has 2 aromatic heterocycles. The van der Waals surface area contributed by atoms with Gasteiger partial charge in [-0.2, -0.15) is 39.5 Å². The molecule has 23 heteroatoms. The van der Waals surface area contributed by atoms with E-state index in [9.17, 15) is 63.8 Å². The highest BCUT2D eigenvalue weighted by atomic mass is 19.4. The van der Waals surface area contributed by atoms with Crippen LogP contribution >= 0.6 is 0 Å². The molecule has 2 aliphatic heterocycles. The van der Waals surface area contributed by atoms with Crippen LogP contribution < -0.4 is 4.90 Å². The van der Waals surface area contributed by atoms with E-state index in [1.165, 1.54) is 48.5 Å². The van der Waals surface area contributed by atoms with Crippen LogP contribution in [0.3, 0.4) is 0 Å². The molecule has 2 saturated heterocycles. The second-order valence-electron chi connectivity index (χ2n) is 20.9. The van der Waals surface area contributed by atoms with Crippen LogP contribution in [0.1, 0.15) is 160 Å². The highest BCUT2D eigenvalue weighted by Gasteiger charge is 2.42. The van der Waals surface area contributed by atoms with E-state index in [2.05, 4.69) is 30.7 Å². The van der Waals surface area contributed by atoms with Gasteiger partial charge in [-0.25, -0.2) is 14.6 Å². The Kier molecular flexibility index (Phi) is 21.6. The number of piperidine rings is 2. The molecule has 2 aliphatic rings. The number of esters is 1. The summed E-state index contributed by atoms with van der Waals surface area (Å²) in [7, 11) is 0. The average Bonchev–Trinajstić information content (AvgIpc) is 3.32. The largest absolute Gasteiger partial charge is 0.481 e. The Hall–Kier alpha value is -5.97. The van der Waals surface area contributed by atoms with Crippen molar-refractivity contribution in [2.24, 2.45) is 0 Å². The van der Waals surface area contributed by atoms with E-state index in [1.54, 1.807) is 52.5 Å². The number of aliphatic hydroxyl groups is 1. The summed E-state index contributed by atoms with van der Waals surface area (Å²) in [5, 5.41) is 19.9. The van der Waals surface area contributed by atoms with E-state index in [-0.39, 0.29) is 39.7 Å². The number of benzene rings is 2. The van der Waals surface area contributed by atoms with Gasteiger partial charge >= 0.3 is 42.7 Å².